The van der Waals surface area contributed by atoms with Gasteiger partial charge < -0.3 is 0 Å². The Labute approximate surface area is 138 Å². The van der Waals surface area contributed by atoms with E-state index in [1.165, 1.54) is 74.4 Å². The summed E-state index contributed by atoms with van der Waals surface area (Å²) in [4.78, 5) is 0. The van der Waals surface area contributed by atoms with Gasteiger partial charge in [-0.1, -0.05) is 53.4 Å². The summed E-state index contributed by atoms with van der Waals surface area (Å²) in [5.74, 6) is 6.14. The molecular weight excluding hydrogens is 292 g/mol. The topological polar surface area (TPSA) is 0 Å². The molecule has 21 heavy (non-hydrogen) atoms. The summed E-state index contributed by atoms with van der Waals surface area (Å²) in [5.41, 5.74) is 0. The van der Waals surface area contributed by atoms with Crippen LogP contribution in [-0.2, 0) is 0 Å². The molecular formula is C19H40S2. The Morgan fingerprint density at radius 2 is 0.857 bits per heavy atom. The highest BCUT2D eigenvalue weighted by molar-refractivity contribution is 8.53. The first-order valence-electron chi connectivity index (χ1n) is 9.37. The van der Waals surface area contributed by atoms with Crippen LogP contribution in [0.25, 0.3) is 0 Å². The molecule has 0 aliphatic carbocycles. The van der Waals surface area contributed by atoms with Crippen LogP contribution in [0.4, 0.5) is 0 Å². The van der Waals surface area contributed by atoms with Crippen LogP contribution in [0.5, 0.6) is 0 Å². The molecule has 2 heteroatoms. The average Bonchev–Trinajstić information content (AvgIpc) is 2.87. The first kappa shape index (κ1) is 19.5. The monoisotopic (exact) mass is 332 g/mol. The highest BCUT2D eigenvalue weighted by Gasteiger charge is 2.35. The van der Waals surface area contributed by atoms with Gasteiger partial charge in [-0.05, 0) is 59.5 Å². The number of unbranched alkanes of at least 4 members (excludes halogenated alkanes) is 4. The molecule has 0 aromatic heterocycles. The van der Waals surface area contributed by atoms with E-state index < -0.39 is 20.1 Å². The molecule has 0 amide bonds. The average molecular weight is 333 g/mol. The van der Waals surface area contributed by atoms with Crippen molar-refractivity contribution < 1.29 is 0 Å². The minimum Gasteiger partial charge on any atom is -0.213 e. The van der Waals surface area contributed by atoms with Gasteiger partial charge in [-0.3, -0.25) is 0 Å². The quantitative estimate of drug-likeness (QED) is 0.353. The van der Waals surface area contributed by atoms with Crippen molar-refractivity contribution in [2.45, 2.75) is 79.1 Å². The molecule has 0 saturated heterocycles. The summed E-state index contributed by atoms with van der Waals surface area (Å²) in [6.07, 6.45) is 11.3. The SMILES string of the molecule is CCCCS1(CCCC)C=CS(CCCC)(CCCC)C1. The maximum atomic E-state index is 2.79. The van der Waals surface area contributed by atoms with Gasteiger partial charge in [0.25, 0.3) is 0 Å². The molecule has 1 rings (SSSR count). The van der Waals surface area contributed by atoms with Gasteiger partial charge in [0.05, 0.1) is 0 Å². The van der Waals surface area contributed by atoms with Crippen molar-refractivity contribution in [3.05, 3.63) is 10.8 Å². The fourth-order valence-corrected chi connectivity index (χ4v) is 15.8. The number of rotatable bonds is 12. The molecule has 128 valence electrons. The first-order chi connectivity index (χ1) is 10.2. The molecule has 0 fully saturated rings. The predicted octanol–water partition coefficient (Wildman–Crippen LogP) is 7.24. The molecule has 0 nitrogen and oxygen atoms in total. The largest absolute Gasteiger partial charge is 0.213 e. The van der Waals surface area contributed by atoms with Gasteiger partial charge in [0, 0.05) is 5.08 Å². The van der Waals surface area contributed by atoms with Gasteiger partial charge >= 0.3 is 0 Å². The molecule has 0 spiro atoms. The van der Waals surface area contributed by atoms with E-state index in [1.807, 2.05) is 0 Å². The fourth-order valence-electron chi connectivity index (χ4n) is 3.22. The Balaban J connectivity index is 2.76. The van der Waals surface area contributed by atoms with E-state index in [1.54, 1.807) is 5.08 Å². The highest BCUT2D eigenvalue weighted by Crippen LogP contribution is 2.71. The van der Waals surface area contributed by atoms with Gasteiger partial charge in [-0.15, -0.1) is 0 Å². The molecule has 1 aliphatic rings. The highest BCUT2D eigenvalue weighted by atomic mass is 32.3. The van der Waals surface area contributed by atoms with Gasteiger partial charge in [-0.2, -0.15) is 0 Å². The molecule has 0 atom stereocenters. The minimum atomic E-state index is -0.397. The molecule has 1 heterocycles. The lowest BCUT2D eigenvalue weighted by Crippen LogP contribution is -2.15. The van der Waals surface area contributed by atoms with Gasteiger partial charge in [0.1, 0.15) is 0 Å². The summed E-state index contributed by atoms with van der Waals surface area (Å²) in [6, 6.07) is 0. The van der Waals surface area contributed by atoms with Crippen LogP contribution in [0.15, 0.2) is 10.8 Å². The van der Waals surface area contributed by atoms with Crippen LogP contribution in [0.2, 0.25) is 0 Å². The zero-order valence-electron chi connectivity index (χ0n) is 15.2. The van der Waals surface area contributed by atoms with Crippen LogP contribution >= 0.6 is 20.1 Å². The second-order valence-corrected chi connectivity index (χ2v) is 14.4. The van der Waals surface area contributed by atoms with Crippen molar-refractivity contribution in [3.8, 4) is 0 Å². The van der Waals surface area contributed by atoms with Crippen molar-refractivity contribution in [2.24, 2.45) is 0 Å². The van der Waals surface area contributed by atoms with Crippen molar-refractivity contribution in [2.75, 3.05) is 28.1 Å². The van der Waals surface area contributed by atoms with E-state index in [2.05, 4.69) is 38.5 Å². The smallest absolute Gasteiger partial charge is 0.0144 e. The maximum absolute atomic E-state index is 2.79. The summed E-state index contributed by atoms with van der Waals surface area (Å²) >= 11 is 0. The number of hydrogen-bond donors (Lipinski definition) is 0. The number of hydrogen-bond acceptors (Lipinski definition) is 0. The molecule has 0 aromatic carbocycles. The van der Waals surface area contributed by atoms with E-state index in [0.717, 1.165) is 0 Å². The molecule has 0 aromatic rings. The zero-order chi connectivity index (χ0) is 15.6. The van der Waals surface area contributed by atoms with E-state index in [4.69, 9.17) is 0 Å². The van der Waals surface area contributed by atoms with E-state index in [9.17, 15) is 0 Å². The third-order valence-corrected chi connectivity index (χ3v) is 14.5. The lowest BCUT2D eigenvalue weighted by atomic mass is 10.4. The molecule has 0 unspecified atom stereocenters. The minimum absolute atomic E-state index is 0.397. The Kier molecular flexibility index (Phi) is 9.52. The van der Waals surface area contributed by atoms with Crippen LogP contribution in [0.3, 0.4) is 0 Å². The lowest BCUT2D eigenvalue weighted by molar-refractivity contribution is 0.867. The van der Waals surface area contributed by atoms with E-state index in [-0.39, 0.29) is 0 Å². The van der Waals surface area contributed by atoms with E-state index >= 15 is 0 Å². The summed E-state index contributed by atoms with van der Waals surface area (Å²) < 4.78 is 0. The second-order valence-electron chi connectivity index (χ2n) is 6.85. The van der Waals surface area contributed by atoms with Crippen molar-refractivity contribution in [1.82, 2.24) is 0 Å². The Morgan fingerprint density at radius 3 is 1.10 bits per heavy atom. The first-order valence-corrected chi connectivity index (χ1v) is 13.8. The Bertz CT molecular complexity index is 252. The third kappa shape index (κ3) is 6.22. The van der Waals surface area contributed by atoms with Crippen molar-refractivity contribution in [1.29, 1.82) is 0 Å². The molecule has 0 radical (unpaired) electrons. The van der Waals surface area contributed by atoms with Gasteiger partial charge in [-0.25, -0.2) is 20.1 Å². The normalized spacial score (nSPS) is 22.3. The third-order valence-electron chi connectivity index (χ3n) is 4.72. The molecule has 0 bridgehead atoms. The van der Waals surface area contributed by atoms with Crippen LogP contribution < -0.4 is 0 Å². The van der Waals surface area contributed by atoms with Crippen molar-refractivity contribution >= 4 is 20.1 Å². The zero-order valence-corrected chi connectivity index (χ0v) is 16.8. The molecule has 1 aliphatic heterocycles. The summed E-state index contributed by atoms with van der Waals surface area (Å²) in [5, 5.41) is 7.21. The van der Waals surface area contributed by atoms with Crippen LogP contribution in [0, 0.1) is 0 Å². The van der Waals surface area contributed by atoms with E-state index in [0.29, 0.717) is 0 Å². The van der Waals surface area contributed by atoms with Gasteiger partial charge in [0.2, 0.25) is 0 Å². The fraction of sp³-hybridized carbons (Fsp3) is 0.895. The molecule has 0 saturated carbocycles. The Hall–Kier alpha value is 0.440. The Morgan fingerprint density at radius 1 is 0.571 bits per heavy atom. The van der Waals surface area contributed by atoms with Crippen LogP contribution in [-0.4, -0.2) is 28.1 Å². The lowest BCUT2D eigenvalue weighted by Gasteiger charge is -2.42. The summed E-state index contributed by atoms with van der Waals surface area (Å²) in [6.45, 7) is 9.44. The van der Waals surface area contributed by atoms with Gasteiger partial charge in [0.15, 0.2) is 0 Å². The molecule has 0 N–H and O–H groups in total. The van der Waals surface area contributed by atoms with Crippen LogP contribution in [0.1, 0.15) is 79.1 Å². The predicted molar refractivity (Wildman–Crippen MR) is 108 cm³/mol. The summed E-state index contributed by atoms with van der Waals surface area (Å²) in [7, 11) is -0.795. The second kappa shape index (κ2) is 10.3. The van der Waals surface area contributed by atoms with Crippen molar-refractivity contribution in [3.63, 3.8) is 0 Å². The maximum Gasteiger partial charge on any atom is 0.0144 e. The standard InChI is InChI=1S/C19H40S2/c1-5-9-13-20(14-10-6-2)17-18-21(19-20,15-11-7-3)16-12-8-4/h17-18H,5-16,19H2,1-4H3.